The average molecular weight is 184 g/mol. The van der Waals surface area contributed by atoms with E-state index in [4.69, 9.17) is 4.74 Å². The van der Waals surface area contributed by atoms with E-state index in [9.17, 15) is 5.11 Å². The van der Waals surface area contributed by atoms with Crippen molar-refractivity contribution in [3.8, 4) is 0 Å². The van der Waals surface area contributed by atoms with Gasteiger partial charge in [-0.3, -0.25) is 0 Å². The summed E-state index contributed by atoms with van der Waals surface area (Å²) in [7, 11) is 0. The summed E-state index contributed by atoms with van der Waals surface area (Å²) < 4.78 is 5.57. The molecule has 1 saturated heterocycles. The molecule has 1 N–H and O–H groups in total. The Morgan fingerprint density at radius 2 is 2.38 bits per heavy atom. The largest absolute Gasteiger partial charge is 0.389 e. The lowest BCUT2D eigenvalue weighted by molar-refractivity contribution is 0.00440. The SMILES string of the molecule is C=C(C)C(O)CCC1CCCCO1. The van der Waals surface area contributed by atoms with Crippen LogP contribution in [0.5, 0.6) is 0 Å². The first-order valence-electron chi connectivity index (χ1n) is 5.15. The average Bonchev–Trinajstić information content (AvgIpc) is 2.15. The van der Waals surface area contributed by atoms with Crippen molar-refractivity contribution in [1.82, 2.24) is 0 Å². The highest BCUT2D eigenvalue weighted by atomic mass is 16.5. The van der Waals surface area contributed by atoms with Gasteiger partial charge < -0.3 is 9.84 Å². The Kier molecular flexibility index (Phi) is 4.46. The lowest BCUT2D eigenvalue weighted by atomic mass is 10.0. The molecule has 0 aromatic rings. The van der Waals surface area contributed by atoms with Crippen molar-refractivity contribution >= 4 is 0 Å². The fraction of sp³-hybridized carbons (Fsp3) is 0.818. The monoisotopic (exact) mass is 184 g/mol. The maximum Gasteiger partial charge on any atom is 0.0745 e. The Labute approximate surface area is 80.6 Å². The summed E-state index contributed by atoms with van der Waals surface area (Å²) in [5.41, 5.74) is 0.857. The predicted molar refractivity (Wildman–Crippen MR) is 53.6 cm³/mol. The van der Waals surface area contributed by atoms with Gasteiger partial charge in [-0.1, -0.05) is 12.2 Å². The summed E-state index contributed by atoms with van der Waals surface area (Å²) in [5.74, 6) is 0. The molecule has 0 spiro atoms. The van der Waals surface area contributed by atoms with Crippen molar-refractivity contribution in [3.63, 3.8) is 0 Å². The summed E-state index contributed by atoms with van der Waals surface area (Å²) in [5, 5.41) is 9.50. The number of rotatable bonds is 4. The van der Waals surface area contributed by atoms with Crippen LogP contribution in [-0.4, -0.2) is 23.9 Å². The third kappa shape index (κ3) is 3.92. The summed E-state index contributed by atoms with van der Waals surface area (Å²) >= 11 is 0. The van der Waals surface area contributed by atoms with Crippen molar-refractivity contribution < 1.29 is 9.84 Å². The van der Waals surface area contributed by atoms with Gasteiger partial charge in [0.15, 0.2) is 0 Å². The van der Waals surface area contributed by atoms with Crippen LogP contribution in [0, 0.1) is 0 Å². The number of aliphatic hydroxyl groups is 1. The fourth-order valence-electron chi connectivity index (χ4n) is 1.63. The van der Waals surface area contributed by atoms with E-state index in [2.05, 4.69) is 6.58 Å². The normalized spacial score (nSPS) is 25.5. The van der Waals surface area contributed by atoms with E-state index in [1.807, 2.05) is 6.92 Å². The first-order chi connectivity index (χ1) is 6.20. The van der Waals surface area contributed by atoms with Crippen LogP contribution in [-0.2, 0) is 4.74 Å². The Morgan fingerprint density at radius 3 is 2.92 bits per heavy atom. The van der Waals surface area contributed by atoms with Crippen LogP contribution in [0.2, 0.25) is 0 Å². The Bertz CT molecular complexity index is 159. The van der Waals surface area contributed by atoms with E-state index in [1.54, 1.807) is 0 Å². The Morgan fingerprint density at radius 1 is 1.62 bits per heavy atom. The van der Waals surface area contributed by atoms with Crippen molar-refractivity contribution in [2.45, 2.75) is 51.2 Å². The minimum absolute atomic E-state index is 0.342. The van der Waals surface area contributed by atoms with Gasteiger partial charge >= 0.3 is 0 Å². The van der Waals surface area contributed by atoms with Gasteiger partial charge in [-0.15, -0.1) is 0 Å². The number of hydrogen-bond acceptors (Lipinski definition) is 2. The summed E-state index contributed by atoms with van der Waals surface area (Å²) in [6.45, 7) is 6.49. The molecule has 1 fully saturated rings. The molecule has 1 aliphatic heterocycles. The molecule has 0 radical (unpaired) electrons. The van der Waals surface area contributed by atoms with E-state index < -0.39 is 0 Å². The van der Waals surface area contributed by atoms with Gasteiger partial charge in [0, 0.05) is 6.61 Å². The minimum atomic E-state index is -0.342. The molecule has 1 heterocycles. The van der Waals surface area contributed by atoms with Gasteiger partial charge in [-0.2, -0.15) is 0 Å². The molecule has 2 atom stereocenters. The van der Waals surface area contributed by atoms with Crippen LogP contribution >= 0.6 is 0 Å². The smallest absolute Gasteiger partial charge is 0.0745 e. The molecule has 0 aliphatic carbocycles. The highest BCUT2D eigenvalue weighted by molar-refractivity contribution is 4.96. The molecular weight excluding hydrogens is 164 g/mol. The van der Waals surface area contributed by atoms with Gasteiger partial charge in [0.1, 0.15) is 0 Å². The van der Waals surface area contributed by atoms with Crippen LogP contribution in [0.25, 0.3) is 0 Å². The third-order valence-electron chi connectivity index (χ3n) is 2.60. The summed E-state index contributed by atoms with van der Waals surface area (Å²) in [4.78, 5) is 0. The zero-order valence-electron chi connectivity index (χ0n) is 8.46. The van der Waals surface area contributed by atoms with E-state index in [0.29, 0.717) is 6.10 Å². The third-order valence-corrected chi connectivity index (χ3v) is 2.60. The molecule has 1 aliphatic rings. The van der Waals surface area contributed by atoms with E-state index in [1.165, 1.54) is 12.8 Å². The fourth-order valence-corrected chi connectivity index (χ4v) is 1.63. The van der Waals surface area contributed by atoms with Gasteiger partial charge in [-0.05, 0) is 39.0 Å². The van der Waals surface area contributed by atoms with Crippen LogP contribution in [0.1, 0.15) is 39.0 Å². The maximum atomic E-state index is 9.50. The predicted octanol–water partition coefficient (Wildman–Crippen LogP) is 2.27. The first kappa shape index (κ1) is 10.7. The molecule has 1 rings (SSSR count). The molecule has 2 nitrogen and oxygen atoms in total. The second-order valence-corrected chi connectivity index (χ2v) is 3.93. The topological polar surface area (TPSA) is 29.5 Å². The second kappa shape index (κ2) is 5.40. The quantitative estimate of drug-likeness (QED) is 0.679. The molecule has 0 amide bonds. The van der Waals surface area contributed by atoms with Crippen molar-refractivity contribution in [1.29, 1.82) is 0 Å². The summed E-state index contributed by atoms with van der Waals surface area (Å²) in [6, 6.07) is 0. The molecule has 0 bridgehead atoms. The number of aliphatic hydroxyl groups excluding tert-OH is 1. The number of ether oxygens (including phenoxy) is 1. The Hall–Kier alpha value is -0.340. The van der Waals surface area contributed by atoms with Crippen molar-refractivity contribution in [2.24, 2.45) is 0 Å². The van der Waals surface area contributed by atoms with Gasteiger partial charge in [-0.25, -0.2) is 0 Å². The van der Waals surface area contributed by atoms with Gasteiger partial charge in [0.05, 0.1) is 12.2 Å². The minimum Gasteiger partial charge on any atom is -0.389 e. The van der Waals surface area contributed by atoms with Gasteiger partial charge in [0.2, 0.25) is 0 Å². The molecule has 13 heavy (non-hydrogen) atoms. The second-order valence-electron chi connectivity index (χ2n) is 3.93. The van der Waals surface area contributed by atoms with Crippen LogP contribution in [0.15, 0.2) is 12.2 Å². The number of hydrogen-bond donors (Lipinski definition) is 1. The molecule has 76 valence electrons. The highest BCUT2D eigenvalue weighted by Crippen LogP contribution is 2.18. The van der Waals surface area contributed by atoms with Gasteiger partial charge in [0.25, 0.3) is 0 Å². The lowest BCUT2D eigenvalue weighted by Gasteiger charge is -2.23. The van der Waals surface area contributed by atoms with E-state index in [-0.39, 0.29) is 6.10 Å². The first-order valence-corrected chi connectivity index (χ1v) is 5.15. The summed E-state index contributed by atoms with van der Waals surface area (Å²) in [6.07, 6.45) is 5.41. The highest BCUT2D eigenvalue weighted by Gasteiger charge is 2.15. The van der Waals surface area contributed by atoms with Crippen LogP contribution < -0.4 is 0 Å². The molecule has 0 aromatic carbocycles. The van der Waals surface area contributed by atoms with Crippen LogP contribution in [0.3, 0.4) is 0 Å². The lowest BCUT2D eigenvalue weighted by Crippen LogP contribution is -2.21. The molecular formula is C11H20O2. The zero-order valence-corrected chi connectivity index (χ0v) is 8.46. The van der Waals surface area contributed by atoms with E-state index >= 15 is 0 Å². The van der Waals surface area contributed by atoms with Crippen LogP contribution in [0.4, 0.5) is 0 Å². The molecule has 2 unspecified atom stereocenters. The molecule has 0 aromatic heterocycles. The van der Waals surface area contributed by atoms with Crippen molar-refractivity contribution in [2.75, 3.05) is 6.61 Å². The molecule has 2 heteroatoms. The van der Waals surface area contributed by atoms with Crippen molar-refractivity contribution in [3.05, 3.63) is 12.2 Å². The van der Waals surface area contributed by atoms with E-state index in [0.717, 1.165) is 31.4 Å². The zero-order chi connectivity index (χ0) is 9.68. The molecule has 0 saturated carbocycles. The Balaban J connectivity index is 2.13. The maximum absolute atomic E-state index is 9.50. The standard InChI is InChI=1S/C11H20O2/c1-9(2)11(12)7-6-10-5-3-4-8-13-10/h10-12H,1,3-8H2,2H3.